The Morgan fingerprint density at radius 2 is 1.94 bits per heavy atom. The van der Waals surface area contributed by atoms with Gasteiger partial charge in [-0.05, 0) is 18.6 Å². The second-order valence-corrected chi connectivity index (χ2v) is 4.53. The molecule has 0 aromatic heterocycles. The van der Waals surface area contributed by atoms with Crippen molar-refractivity contribution in [1.29, 1.82) is 0 Å². The molecule has 16 heavy (non-hydrogen) atoms. The summed E-state index contributed by atoms with van der Waals surface area (Å²) in [6, 6.07) is 7.20. The van der Waals surface area contributed by atoms with Crippen LogP contribution in [0.25, 0.3) is 0 Å². The molecule has 0 saturated carbocycles. The third-order valence-electron chi connectivity index (χ3n) is 2.65. The first-order chi connectivity index (χ1) is 7.74. The summed E-state index contributed by atoms with van der Waals surface area (Å²) < 4.78 is 0. The van der Waals surface area contributed by atoms with Gasteiger partial charge in [0.15, 0.2) is 5.78 Å². The van der Waals surface area contributed by atoms with Crippen LogP contribution in [0, 0.1) is 0 Å². The highest BCUT2D eigenvalue weighted by Crippen LogP contribution is 2.14. The summed E-state index contributed by atoms with van der Waals surface area (Å²) in [4.78, 5) is 11.8. The molecular formula is C14H19ClO. The van der Waals surface area contributed by atoms with Crippen molar-refractivity contribution in [3.05, 3.63) is 34.9 Å². The lowest BCUT2D eigenvalue weighted by Crippen LogP contribution is -1.98. The van der Waals surface area contributed by atoms with Gasteiger partial charge in [0.2, 0.25) is 0 Å². The lowest BCUT2D eigenvalue weighted by molar-refractivity contribution is 0.0979. The molecule has 0 amide bonds. The SMILES string of the molecule is CCCCCCCC(=O)c1cccc(Cl)c1. The fraction of sp³-hybridized carbons (Fsp3) is 0.500. The van der Waals surface area contributed by atoms with E-state index in [1.165, 1.54) is 19.3 Å². The van der Waals surface area contributed by atoms with E-state index in [9.17, 15) is 4.79 Å². The Morgan fingerprint density at radius 3 is 2.62 bits per heavy atom. The van der Waals surface area contributed by atoms with E-state index in [2.05, 4.69) is 6.92 Å². The highest BCUT2D eigenvalue weighted by atomic mass is 35.5. The molecule has 88 valence electrons. The smallest absolute Gasteiger partial charge is 0.162 e. The molecular weight excluding hydrogens is 220 g/mol. The van der Waals surface area contributed by atoms with E-state index in [0.717, 1.165) is 18.4 Å². The minimum absolute atomic E-state index is 0.207. The van der Waals surface area contributed by atoms with Crippen LogP contribution in [0.15, 0.2) is 24.3 Å². The van der Waals surface area contributed by atoms with E-state index in [1.807, 2.05) is 12.1 Å². The van der Waals surface area contributed by atoms with E-state index in [0.29, 0.717) is 11.4 Å². The van der Waals surface area contributed by atoms with Crippen molar-refractivity contribution in [3.63, 3.8) is 0 Å². The number of halogens is 1. The number of rotatable bonds is 7. The monoisotopic (exact) mass is 238 g/mol. The zero-order valence-electron chi connectivity index (χ0n) is 9.84. The molecule has 0 spiro atoms. The second-order valence-electron chi connectivity index (χ2n) is 4.10. The predicted octanol–water partition coefficient (Wildman–Crippen LogP) is 4.88. The molecule has 0 aliphatic heterocycles. The van der Waals surface area contributed by atoms with Crippen LogP contribution in [0.1, 0.15) is 55.8 Å². The van der Waals surface area contributed by atoms with E-state index in [1.54, 1.807) is 12.1 Å². The molecule has 0 N–H and O–H groups in total. The van der Waals surface area contributed by atoms with Gasteiger partial charge in [0.05, 0.1) is 0 Å². The Morgan fingerprint density at radius 1 is 1.19 bits per heavy atom. The molecule has 0 aliphatic rings. The average molecular weight is 239 g/mol. The Hall–Kier alpha value is -0.820. The first-order valence-corrected chi connectivity index (χ1v) is 6.40. The molecule has 2 heteroatoms. The number of carbonyl (C=O) groups is 1. The molecule has 0 unspecified atom stereocenters. The van der Waals surface area contributed by atoms with Gasteiger partial charge in [0.25, 0.3) is 0 Å². The number of hydrogen-bond acceptors (Lipinski definition) is 1. The lowest BCUT2D eigenvalue weighted by atomic mass is 10.0. The molecule has 0 radical (unpaired) electrons. The number of ketones is 1. The van der Waals surface area contributed by atoms with E-state index in [-0.39, 0.29) is 5.78 Å². The van der Waals surface area contributed by atoms with Gasteiger partial charge in [0.1, 0.15) is 0 Å². The summed E-state index contributed by atoms with van der Waals surface area (Å²) in [5.41, 5.74) is 0.739. The number of Topliss-reactive ketones (excluding diaryl/α,β-unsaturated/α-hetero) is 1. The van der Waals surface area contributed by atoms with Crippen LogP contribution in [0.4, 0.5) is 0 Å². The first-order valence-electron chi connectivity index (χ1n) is 6.03. The predicted molar refractivity (Wildman–Crippen MR) is 69.2 cm³/mol. The van der Waals surface area contributed by atoms with Crippen LogP contribution in [0.2, 0.25) is 5.02 Å². The third-order valence-corrected chi connectivity index (χ3v) is 2.89. The Bertz CT molecular complexity index is 333. The fourth-order valence-electron chi connectivity index (χ4n) is 1.70. The number of unbranched alkanes of at least 4 members (excludes halogenated alkanes) is 4. The summed E-state index contributed by atoms with van der Waals surface area (Å²) in [5, 5.41) is 0.636. The highest BCUT2D eigenvalue weighted by Gasteiger charge is 2.05. The summed E-state index contributed by atoms with van der Waals surface area (Å²) in [6.07, 6.45) is 6.53. The number of hydrogen-bond donors (Lipinski definition) is 0. The molecule has 1 rings (SSSR count). The molecule has 0 aliphatic carbocycles. The van der Waals surface area contributed by atoms with Crippen molar-refractivity contribution in [2.24, 2.45) is 0 Å². The zero-order chi connectivity index (χ0) is 11.8. The molecule has 0 saturated heterocycles. The summed E-state index contributed by atoms with van der Waals surface area (Å²) in [7, 11) is 0. The van der Waals surface area contributed by atoms with Gasteiger partial charge in [-0.25, -0.2) is 0 Å². The average Bonchev–Trinajstić information content (AvgIpc) is 2.28. The normalized spacial score (nSPS) is 10.4. The van der Waals surface area contributed by atoms with Gasteiger partial charge in [-0.15, -0.1) is 0 Å². The maximum absolute atomic E-state index is 11.8. The molecule has 0 heterocycles. The number of carbonyl (C=O) groups excluding carboxylic acids is 1. The minimum Gasteiger partial charge on any atom is -0.294 e. The van der Waals surface area contributed by atoms with Crippen LogP contribution < -0.4 is 0 Å². The molecule has 1 aromatic carbocycles. The van der Waals surface area contributed by atoms with Crippen molar-refractivity contribution in [2.75, 3.05) is 0 Å². The molecule has 1 nitrogen and oxygen atoms in total. The van der Waals surface area contributed by atoms with Crippen molar-refractivity contribution < 1.29 is 4.79 Å². The van der Waals surface area contributed by atoms with Crippen LogP contribution in [0.3, 0.4) is 0 Å². The first kappa shape index (κ1) is 13.2. The van der Waals surface area contributed by atoms with Gasteiger partial charge in [-0.1, -0.05) is 56.3 Å². The standard InChI is InChI=1S/C14H19ClO/c1-2-3-4-5-6-10-14(16)12-8-7-9-13(15)11-12/h7-9,11H,2-6,10H2,1H3. The third kappa shape index (κ3) is 4.80. The van der Waals surface area contributed by atoms with Gasteiger partial charge in [0, 0.05) is 17.0 Å². The van der Waals surface area contributed by atoms with E-state index in [4.69, 9.17) is 11.6 Å². The van der Waals surface area contributed by atoms with Gasteiger partial charge in [-0.3, -0.25) is 4.79 Å². The van der Waals surface area contributed by atoms with Crippen LogP contribution in [-0.2, 0) is 0 Å². The van der Waals surface area contributed by atoms with Gasteiger partial charge < -0.3 is 0 Å². The summed E-state index contributed by atoms with van der Waals surface area (Å²) >= 11 is 5.84. The van der Waals surface area contributed by atoms with E-state index < -0.39 is 0 Å². The molecule has 0 fully saturated rings. The minimum atomic E-state index is 0.207. The Balaban J connectivity index is 2.30. The largest absolute Gasteiger partial charge is 0.294 e. The topological polar surface area (TPSA) is 17.1 Å². The maximum Gasteiger partial charge on any atom is 0.162 e. The van der Waals surface area contributed by atoms with Crippen molar-refractivity contribution >= 4 is 17.4 Å². The maximum atomic E-state index is 11.8. The summed E-state index contributed by atoms with van der Waals surface area (Å²) in [6.45, 7) is 2.19. The quantitative estimate of drug-likeness (QED) is 0.489. The summed E-state index contributed by atoms with van der Waals surface area (Å²) in [5.74, 6) is 0.207. The highest BCUT2D eigenvalue weighted by molar-refractivity contribution is 6.31. The van der Waals surface area contributed by atoms with Crippen molar-refractivity contribution in [2.45, 2.75) is 45.4 Å². The van der Waals surface area contributed by atoms with Crippen molar-refractivity contribution in [1.82, 2.24) is 0 Å². The van der Waals surface area contributed by atoms with Crippen LogP contribution in [-0.4, -0.2) is 5.78 Å². The molecule has 0 atom stereocenters. The van der Waals surface area contributed by atoms with E-state index >= 15 is 0 Å². The van der Waals surface area contributed by atoms with Gasteiger partial charge >= 0.3 is 0 Å². The molecule has 0 bridgehead atoms. The fourth-order valence-corrected chi connectivity index (χ4v) is 1.89. The van der Waals surface area contributed by atoms with Crippen LogP contribution >= 0.6 is 11.6 Å². The zero-order valence-corrected chi connectivity index (χ0v) is 10.6. The van der Waals surface area contributed by atoms with Gasteiger partial charge in [-0.2, -0.15) is 0 Å². The number of benzene rings is 1. The Kier molecular flexibility index (Phi) is 6.17. The molecule has 1 aromatic rings. The lowest BCUT2D eigenvalue weighted by Gasteiger charge is -2.01. The second kappa shape index (κ2) is 7.45. The Labute approximate surface area is 103 Å². The van der Waals surface area contributed by atoms with Crippen LogP contribution in [0.5, 0.6) is 0 Å². The van der Waals surface area contributed by atoms with Crippen molar-refractivity contribution in [3.8, 4) is 0 Å².